The standard InChI is InChI=1S/C12H19NO5/c1-5-17-10(15)12(13-8-14,7-9(3)4)11(16)18-6-2/h8H,3,5-7H2,1-2,4H3,(H,13,14). The molecule has 6 nitrogen and oxygen atoms in total. The van der Waals surface area contributed by atoms with Crippen LogP contribution in [0.1, 0.15) is 27.2 Å². The van der Waals surface area contributed by atoms with Crippen LogP contribution in [0.3, 0.4) is 0 Å². The number of carbonyl (C=O) groups is 3. The van der Waals surface area contributed by atoms with E-state index in [1.165, 1.54) is 0 Å². The van der Waals surface area contributed by atoms with Gasteiger partial charge in [-0.1, -0.05) is 5.57 Å². The Morgan fingerprint density at radius 3 is 1.94 bits per heavy atom. The third-order valence-corrected chi connectivity index (χ3v) is 2.12. The summed E-state index contributed by atoms with van der Waals surface area (Å²) in [7, 11) is 0. The van der Waals surface area contributed by atoms with E-state index in [1.807, 2.05) is 0 Å². The fourth-order valence-corrected chi connectivity index (χ4v) is 1.46. The summed E-state index contributed by atoms with van der Waals surface area (Å²) in [6.45, 7) is 8.68. The summed E-state index contributed by atoms with van der Waals surface area (Å²) in [5.74, 6) is -1.70. The first-order valence-electron chi connectivity index (χ1n) is 5.64. The Morgan fingerprint density at radius 2 is 1.67 bits per heavy atom. The van der Waals surface area contributed by atoms with Gasteiger partial charge in [0.1, 0.15) is 0 Å². The maximum absolute atomic E-state index is 11.9. The van der Waals surface area contributed by atoms with Crippen LogP contribution in [-0.4, -0.2) is 37.1 Å². The average Bonchev–Trinajstić information content (AvgIpc) is 2.28. The molecule has 0 aliphatic rings. The number of nitrogens with one attached hydrogen (secondary N) is 1. The summed E-state index contributed by atoms with van der Waals surface area (Å²) in [5.41, 5.74) is -1.30. The molecule has 0 aromatic heterocycles. The molecule has 0 aromatic carbocycles. The molecule has 0 atom stereocenters. The van der Waals surface area contributed by atoms with Gasteiger partial charge in [-0.15, -0.1) is 6.58 Å². The molecule has 0 rings (SSSR count). The highest BCUT2D eigenvalue weighted by molar-refractivity contribution is 6.06. The van der Waals surface area contributed by atoms with Crippen LogP contribution in [0.2, 0.25) is 0 Å². The molecular formula is C12H19NO5. The first kappa shape index (κ1) is 16.1. The number of carbonyl (C=O) groups excluding carboxylic acids is 3. The van der Waals surface area contributed by atoms with Gasteiger partial charge in [0.15, 0.2) is 0 Å². The zero-order valence-electron chi connectivity index (χ0n) is 10.9. The van der Waals surface area contributed by atoms with Gasteiger partial charge < -0.3 is 14.8 Å². The van der Waals surface area contributed by atoms with E-state index >= 15 is 0 Å². The van der Waals surface area contributed by atoms with Gasteiger partial charge in [-0.25, -0.2) is 9.59 Å². The number of amides is 1. The van der Waals surface area contributed by atoms with Crippen LogP contribution in [0.4, 0.5) is 0 Å². The van der Waals surface area contributed by atoms with Crippen molar-refractivity contribution >= 4 is 18.3 Å². The van der Waals surface area contributed by atoms with Crippen molar-refractivity contribution in [2.75, 3.05) is 13.2 Å². The van der Waals surface area contributed by atoms with E-state index in [0.717, 1.165) is 0 Å². The Balaban J connectivity index is 5.38. The molecule has 1 N–H and O–H groups in total. The number of hydrogen-bond acceptors (Lipinski definition) is 5. The summed E-state index contributed by atoms with van der Waals surface area (Å²) in [6, 6.07) is 0. The lowest BCUT2D eigenvalue weighted by Crippen LogP contribution is -2.59. The summed E-state index contributed by atoms with van der Waals surface area (Å²) in [6.07, 6.45) is 0.209. The molecule has 0 heterocycles. The lowest BCUT2D eigenvalue weighted by molar-refractivity contribution is -0.167. The molecular weight excluding hydrogens is 238 g/mol. The smallest absolute Gasteiger partial charge is 0.344 e. The van der Waals surface area contributed by atoms with Crippen molar-refractivity contribution in [1.29, 1.82) is 0 Å². The molecule has 6 heteroatoms. The first-order chi connectivity index (χ1) is 8.44. The van der Waals surface area contributed by atoms with Gasteiger partial charge in [0.05, 0.1) is 13.2 Å². The minimum absolute atomic E-state index is 0.0661. The molecule has 0 saturated heterocycles. The van der Waals surface area contributed by atoms with E-state index in [-0.39, 0.29) is 26.0 Å². The van der Waals surface area contributed by atoms with Crippen LogP contribution >= 0.6 is 0 Å². The monoisotopic (exact) mass is 257 g/mol. The molecule has 0 bridgehead atoms. The fourth-order valence-electron chi connectivity index (χ4n) is 1.46. The lowest BCUT2D eigenvalue weighted by Gasteiger charge is -2.28. The molecule has 18 heavy (non-hydrogen) atoms. The Kier molecular flexibility index (Phi) is 6.70. The fraction of sp³-hybridized carbons (Fsp3) is 0.583. The maximum atomic E-state index is 11.9. The van der Waals surface area contributed by atoms with E-state index in [1.54, 1.807) is 20.8 Å². The molecule has 102 valence electrons. The first-order valence-corrected chi connectivity index (χ1v) is 5.64. The summed E-state index contributed by atoms with van der Waals surface area (Å²) in [4.78, 5) is 34.5. The highest BCUT2D eigenvalue weighted by Gasteiger charge is 2.48. The van der Waals surface area contributed by atoms with Crippen LogP contribution in [0, 0.1) is 0 Å². The van der Waals surface area contributed by atoms with E-state index in [4.69, 9.17) is 9.47 Å². The molecule has 0 aliphatic heterocycles. The average molecular weight is 257 g/mol. The Hall–Kier alpha value is -1.85. The number of hydrogen-bond donors (Lipinski definition) is 1. The quantitative estimate of drug-likeness (QED) is 0.297. The molecule has 0 fully saturated rings. The Labute approximate surface area is 106 Å². The van der Waals surface area contributed by atoms with E-state index in [9.17, 15) is 14.4 Å². The molecule has 0 aliphatic carbocycles. The summed E-state index contributed by atoms with van der Waals surface area (Å²) >= 11 is 0. The highest BCUT2D eigenvalue weighted by Crippen LogP contribution is 2.19. The largest absolute Gasteiger partial charge is 0.464 e. The third kappa shape index (κ3) is 3.87. The van der Waals surface area contributed by atoms with Crippen LogP contribution < -0.4 is 5.32 Å². The van der Waals surface area contributed by atoms with E-state index in [2.05, 4.69) is 11.9 Å². The Morgan fingerprint density at radius 1 is 1.22 bits per heavy atom. The second-order valence-corrected chi connectivity index (χ2v) is 3.74. The predicted molar refractivity (Wildman–Crippen MR) is 64.6 cm³/mol. The van der Waals surface area contributed by atoms with Crippen LogP contribution in [0.5, 0.6) is 0 Å². The summed E-state index contributed by atoms with van der Waals surface area (Å²) < 4.78 is 9.65. The van der Waals surface area contributed by atoms with Gasteiger partial charge in [0.2, 0.25) is 11.9 Å². The van der Waals surface area contributed by atoms with Crippen LogP contribution in [0.15, 0.2) is 12.2 Å². The lowest BCUT2D eigenvalue weighted by atomic mass is 9.92. The van der Waals surface area contributed by atoms with Crippen molar-refractivity contribution in [2.45, 2.75) is 32.7 Å². The number of rotatable bonds is 8. The zero-order chi connectivity index (χ0) is 14.2. The topological polar surface area (TPSA) is 81.7 Å². The molecule has 0 aromatic rings. The van der Waals surface area contributed by atoms with Crippen LogP contribution in [-0.2, 0) is 23.9 Å². The third-order valence-electron chi connectivity index (χ3n) is 2.12. The van der Waals surface area contributed by atoms with Gasteiger partial charge >= 0.3 is 11.9 Å². The van der Waals surface area contributed by atoms with Crippen molar-refractivity contribution in [3.05, 3.63) is 12.2 Å². The molecule has 0 spiro atoms. The molecule has 0 unspecified atom stereocenters. The second-order valence-electron chi connectivity index (χ2n) is 3.74. The van der Waals surface area contributed by atoms with Gasteiger partial charge in [-0.05, 0) is 20.8 Å². The van der Waals surface area contributed by atoms with Crippen LogP contribution in [0.25, 0.3) is 0 Å². The molecule has 0 saturated carbocycles. The SMILES string of the molecule is C=C(C)CC(NC=O)(C(=O)OCC)C(=O)OCC. The van der Waals surface area contributed by atoms with Gasteiger partial charge in [0, 0.05) is 6.42 Å². The van der Waals surface area contributed by atoms with Crippen molar-refractivity contribution in [3.63, 3.8) is 0 Å². The minimum Gasteiger partial charge on any atom is -0.464 e. The van der Waals surface area contributed by atoms with E-state index in [0.29, 0.717) is 5.57 Å². The van der Waals surface area contributed by atoms with E-state index < -0.39 is 17.5 Å². The van der Waals surface area contributed by atoms with Gasteiger partial charge in [0.25, 0.3) is 0 Å². The zero-order valence-corrected chi connectivity index (χ0v) is 10.9. The molecule has 0 radical (unpaired) electrons. The van der Waals surface area contributed by atoms with Gasteiger partial charge in [-0.2, -0.15) is 0 Å². The summed E-state index contributed by atoms with van der Waals surface area (Å²) in [5, 5.41) is 2.21. The van der Waals surface area contributed by atoms with Crippen molar-refractivity contribution < 1.29 is 23.9 Å². The minimum atomic E-state index is -1.85. The predicted octanol–water partition coefficient (Wildman–Crippen LogP) is 0.564. The maximum Gasteiger partial charge on any atom is 0.344 e. The van der Waals surface area contributed by atoms with Crippen molar-refractivity contribution in [1.82, 2.24) is 5.32 Å². The van der Waals surface area contributed by atoms with Gasteiger partial charge in [-0.3, -0.25) is 4.79 Å². The highest BCUT2D eigenvalue weighted by atomic mass is 16.6. The second kappa shape index (κ2) is 7.47. The van der Waals surface area contributed by atoms with Crippen molar-refractivity contribution in [2.24, 2.45) is 0 Å². The van der Waals surface area contributed by atoms with Crippen molar-refractivity contribution in [3.8, 4) is 0 Å². The number of esters is 2. The normalized spacial score (nSPS) is 10.4. The Bertz CT molecular complexity index is 319. The molecule has 1 amide bonds. The number of ether oxygens (including phenoxy) is 2.